The molecule has 0 fully saturated rings. The Balaban J connectivity index is 2.66. The fourth-order valence-corrected chi connectivity index (χ4v) is 4.54. The van der Waals surface area contributed by atoms with Crippen LogP contribution in [0.1, 0.15) is 77.3 Å². The molecular formula is C23H40Si. The lowest BCUT2D eigenvalue weighted by molar-refractivity contribution is 0.358. The SMILES string of the molecule is CCC/C(=C\[Si](C)(C)C)c1cccc(CCCCCC(C)(C)C)c1. The Morgan fingerprint density at radius 3 is 2.33 bits per heavy atom. The molecule has 0 atom stereocenters. The molecule has 0 spiro atoms. The highest BCUT2D eigenvalue weighted by Crippen LogP contribution is 2.25. The first-order chi connectivity index (χ1) is 11.1. The van der Waals surface area contributed by atoms with Crippen LogP contribution in [0.4, 0.5) is 0 Å². The summed E-state index contributed by atoms with van der Waals surface area (Å²) in [6.45, 7) is 16.6. The van der Waals surface area contributed by atoms with E-state index in [-0.39, 0.29) is 0 Å². The van der Waals surface area contributed by atoms with E-state index < -0.39 is 8.07 Å². The molecule has 0 saturated heterocycles. The highest BCUT2D eigenvalue weighted by molar-refractivity contribution is 6.81. The van der Waals surface area contributed by atoms with Crippen LogP contribution in [-0.4, -0.2) is 8.07 Å². The summed E-state index contributed by atoms with van der Waals surface area (Å²) in [7, 11) is -1.17. The van der Waals surface area contributed by atoms with Gasteiger partial charge in [0.1, 0.15) is 0 Å². The van der Waals surface area contributed by atoms with Crippen molar-refractivity contribution in [1.82, 2.24) is 0 Å². The van der Waals surface area contributed by atoms with Gasteiger partial charge in [-0.2, -0.15) is 0 Å². The molecule has 0 heterocycles. The lowest BCUT2D eigenvalue weighted by Crippen LogP contribution is -2.16. The molecule has 0 aromatic heterocycles. The molecule has 0 amide bonds. The number of rotatable bonds is 9. The van der Waals surface area contributed by atoms with Crippen molar-refractivity contribution in [2.24, 2.45) is 5.41 Å². The van der Waals surface area contributed by atoms with E-state index in [1.54, 1.807) is 5.57 Å². The van der Waals surface area contributed by atoms with Gasteiger partial charge in [0, 0.05) is 0 Å². The smallest absolute Gasteiger partial charge is 0.0690 e. The van der Waals surface area contributed by atoms with Crippen LogP contribution in [0.3, 0.4) is 0 Å². The number of hydrogen-bond acceptors (Lipinski definition) is 0. The van der Waals surface area contributed by atoms with Crippen molar-refractivity contribution in [3.05, 3.63) is 41.1 Å². The van der Waals surface area contributed by atoms with Gasteiger partial charge in [-0.15, -0.1) is 0 Å². The minimum Gasteiger partial charge on any atom is -0.0913 e. The average Bonchev–Trinajstić information content (AvgIpc) is 2.44. The van der Waals surface area contributed by atoms with Crippen LogP contribution < -0.4 is 0 Å². The van der Waals surface area contributed by atoms with Gasteiger partial charge in [-0.05, 0) is 47.8 Å². The van der Waals surface area contributed by atoms with Crippen molar-refractivity contribution in [2.45, 2.75) is 92.3 Å². The lowest BCUT2D eigenvalue weighted by Gasteiger charge is -2.17. The Bertz CT molecular complexity index is 512. The fourth-order valence-electron chi connectivity index (χ4n) is 3.18. The van der Waals surface area contributed by atoms with Gasteiger partial charge in [0.25, 0.3) is 0 Å². The standard InChI is InChI=1S/C23H40Si/c1-8-13-22(19-24(5,6)7)21-16-12-15-20(18-21)14-10-9-11-17-23(2,3)4/h12,15-16,18-19H,8-11,13-14,17H2,1-7H3/b22-19+. The van der Waals surface area contributed by atoms with Crippen molar-refractivity contribution in [3.8, 4) is 0 Å². The second-order valence-corrected chi connectivity index (χ2v) is 14.6. The van der Waals surface area contributed by atoms with Crippen LogP contribution in [0.5, 0.6) is 0 Å². The zero-order valence-electron chi connectivity index (χ0n) is 17.3. The Hall–Kier alpha value is -0.823. The summed E-state index contributed by atoms with van der Waals surface area (Å²) in [5, 5.41) is 0. The van der Waals surface area contributed by atoms with E-state index in [9.17, 15) is 0 Å². The second-order valence-electron chi connectivity index (χ2n) is 9.61. The minimum absolute atomic E-state index is 0.483. The van der Waals surface area contributed by atoms with E-state index in [0.717, 1.165) is 0 Å². The summed E-state index contributed by atoms with van der Waals surface area (Å²) in [5.74, 6) is 0. The van der Waals surface area contributed by atoms with E-state index in [0.29, 0.717) is 5.41 Å². The van der Waals surface area contributed by atoms with Crippen LogP contribution in [0.25, 0.3) is 5.57 Å². The summed E-state index contributed by atoms with van der Waals surface area (Å²) in [6, 6.07) is 9.33. The van der Waals surface area contributed by atoms with Crippen molar-refractivity contribution >= 4 is 13.6 Å². The third kappa shape index (κ3) is 9.47. The number of allylic oxidation sites excluding steroid dienone is 1. The van der Waals surface area contributed by atoms with Gasteiger partial charge in [-0.25, -0.2) is 0 Å². The van der Waals surface area contributed by atoms with Crippen LogP contribution in [0, 0.1) is 5.41 Å². The first-order valence-electron chi connectivity index (χ1n) is 9.92. The predicted molar refractivity (Wildman–Crippen MR) is 114 cm³/mol. The average molecular weight is 345 g/mol. The molecule has 24 heavy (non-hydrogen) atoms. The van der Waals surface area contributed by atoms with Crippen LogP contribution in [0.2, 0.25) is 19.6 Å². The molecule has 0 aliphatic rings. The molecule has 1 aromatic carbocycles. The van der Waals surface area contributed by atoms with Crippen molar-refractivity contribution < 1.29 is 0 Å². The summed E-state index contributed by atoms with van der Waals surface area (Å²) >= 11 is 0. The summed E-state index contributed by atoms with van der Waals surface area (Å²) in [5.41, 5.74) is 7.63. The second kappa shape index (κ2) is 9.61. The Morgan fingerprint density at radius 2 is 1.75 bits per heavy atom. The first kappa shape index (κ1) is 21.2. The lowest BCUT2D eigenvalue weighted by atomic mass is 9.89. The third-order valence-electron chi connectivity index (χ3n) is 4.32. The van der Waals surface area contributed by atoms with E-state index in [1.807, 2.05) is 0 Å². The normalized spacial score (nSPS) is 13.4. The Labute approximate surface area is 152 Å². The molecule has 136 valence electrons. The molecule has 0 radical (unpaired) electrons. The third-order valence-corrected chi connectivity index (χ3v) is 5.53. The minimum atomic E-state index is -1.17. The summed E-state index contributed by atoms with van der Waals surface area (Å²) < 4.78 is 0. The predicted octanol–water partition coefficient (Wildman–Crippen LogP) is 7.90. The fraction of sp³-hybridized carbons (Fsp3) is 0.652. The quantitative estimate of drug-likeness (QED) is 0.315. The topological polar surface area (TPSA) is 0 Å². The van der Waals surface area contributed by atoms with E-state index in [2.05, 4.69) is 77.3 Å². The van der Waals surface area contributed by atoms with Gasteiger partial charge in [-0.1, -0.05) is 96.6 Å². The first-order valence-corrected chi connectivity index (χ1v) is 13.5. The largest absolute Gasteiger partial charge is 0.0913 e. The molecular weight excluding hydrogens is 304 g/mol. The number of hydrogen-bond donors (Lipinski definition) is 0. The van der Waals surface area contributed by atoms with Crippen molar-refractivity contribution in [3.63, 3.8) is 0 Å². The van der Waals surface area contributed by atoms with Gasteiger partial charge in [-0.3, -0.25) is 0 Å². The number of benzene rings is 1. The van der Waals surface area contributed by atoms with Crippen molar-refractivity contribution in [2.75, 3.05) is 0 Å². The van der Waals surface area contributed by atoms with E-state index in [1.165, 1.54) is 56.1 Å². The van der Waals surface area contributed by atoms with Gasteiger partial charge in [0.2, 0.25) is 0 Å². The molecule has 0 saturated carbocycles. The highest BCUT2D eigenvalue weighted by Gasteiger charge is 2.12. The van der Waals surface area contributed by atoms with Crippen LogP contribution in [-0.2, 0) is 6.42 Å². The van der Waals surface area contributed by atoms with Crippen molar-refractivity contribution in [1.29, 1.82) is 0 Å². The summed E-state index contributed by atoms with van der Waals surface area (Å²) in [4.78, 5) is 0. The van der Waals surface area contributed by atoms with Gasteiger partial charge in [0.05, 0.1) is 8.07 Å². The van der Waals surface area contributed by atoms with E-state index in [4.69, 9.17) is 0 Å². The zero-order valence-corrected chi connectivity index (χ0v) is 18.3. The number of unbranched alkanes of at least 4 members (excludes halogenated alkanes) is 2. The molecule has 1 rings (SSSR count). The molecule has 0 unspecified atom stereocenters. The molecule has 0 N–H and O–H groups in total. The van der Waals surface area contributed by atoms with Crippen LogP contribution in [0.15, 0.2) is 30.0 Å². The molecule has 0 nitrogen and oxygen atoms in total. The molecule has 0 bridgehead atoms. The molecule has 1 heteroatoms. The summed E-state index contributed by atoms with van der Waals surface area (Å²) in [6.07, 6.45) is 9.04. The zero-order chi connectivity index (χ0) is 18.2. The van der Waals surface area contributed by atoms with Gasteiger partial charge >= 0.3 is 0 Å². The molecule has 0 aliphatic carbocycles. The maximum absolute atomic E-state index is 2.60. The monoisotopic (exact) mass is 344 g/mol. The number of aryl methyl sites for hydroxylation is 1. The Kier molecular flexibility index (Phi) is 8.49. The van der Waals surface area contributed by atoms with Gasteiger partial charge in [0.15, 0.2) is 0 Å². The maximum atomic E-state index is 2.60. The Morgan fingerprint density at radius 1 is 1.04 bits per heavy atom. The maximum Gasteiger partial charge on any atom is 0.0690 e. The van der Waals surface area contributed by atoms with Gasteiger partial charge < -0.3 is 0 Å². The van der Waals surface area contributed by atoms with Crippen LogP contribution >= 0.6 is 0 Å². The molecule has 1 aromatic rings. The van der Waals surface area contributed by atoms with E-state index >= 15 is 0 Å². The highest BCUT2D eigenvalue weighted by atomic mass is 28.3. The molecule has 0 aliphatic heterocycles.